The Hall–Kier alpha value is -1.06. The molecule has 1 amide bonds. The molecule has 1 unspecified atom stereocenters. The third-order valence-corrected chi connectivity index (χ3v) is 4.62. The molecule has 24 heavy (non-hydrogen) atoms. The third-order valence-electron chi connectivity index (χ3n) is 4.62. The number of halogens is 1. The van der Waals surface area contributed by atoms with E-state index in [2.05, 4.69) is 20.4 Å². The van der Waals surface area contributed by atoms with Crippen LogP contribution in [0, 0.1) is 5.92 Å². The molecule has 1 saturated heterocycles. The number of likely N-dealkylation sites (tertiary alicyclic amines) is 1. The standard InChI is InChI=1S/C16H28N4O3.HI/c1-17-16(18-9-7-14(21)23-2)19-13-8-10-20(11-13)15(22)12-5-3-4-6-12;/h12-13H,3-11H2,1-2H3,(H2,17,18,19);1H. The molecule has 1 atom stereocenters. The molecular formula is C16H29IN4O3. The molecule has 138 valence electrons. The zero-order valence-corrected chi connectivity index (χ0v) is 16.9. The smallest absolute Gasteiger partial charge is 0.307 e. The summed E-state index contributed by atoms with van der Waals surface area (Å²) in [6.45, 7) is 2.02. The second-order valence-electron chi connectivity index (χ2n) is 6.22. The van der Waals surface area contributed by atoms with Gasteiger partial charge in [0.15, 0.2) is 5.96 Å². The number of amides is 1. The van der Waals surface area contributed by atoms with E-state index < -0.39 is 0 Å². The van der Waals surface area contributed by atoms with Crippen LogP contribution in [0.1, 0.15) is 38.5 Å². The van der Waals surface area contributed by atoms with Gasteiger partial charge in [0.2, 0.25) is 5.91 Å². The van der Waals surface area contributed by atoms with Crippen molar-refractivity contribution in [1.82, 2.24) is 15.5 Å². The maximum absolute atomic E-state index is 12.4. The topological polar surface area (TPSA) is 83.0 Å². The number of nitrogens with zero attached hydrogens (tertiary/aromatic N) is 2. The summed E-state index contributed by atoms with van der Waals surface area (Å²) < 4.78 is 4.60. The molecule has 1 aliphatic heterocycles. The van der Waals surface area contributed by atoms with E-state index in [4.69, 9.17) is 0 Å². The van der Waals surface area contributed by atoms with E-state index in [0.717, 1.165) is 32.4 Å². The van der Waals surface area contributed by atoms with Gasteiger partial charge < -0.3 is 20.3 Å². The zero-order chi connectivity index (χ0) is 16.7. The maximum Gasteiger partial charge on any atom is 0.307 e. The summed E-state index contributed by atoms with van der Waals surface area (Å²) in [5.74, 6) is 0.975. The van der Waals surface area contributed by atoms with Crippen molar-refractivity contribution < 1.29 is 14.3 Å². The highest BCUT2D eigenvalue weighted by Gasteiger charge is 2.32. The summed E-state index contributed by atoms with van der Waals surface area (Å²) in [4.78, 5) is 29.7. The van der Waals surface area contributed by atoms with Crippen LogP contribution < -0.4 is 10.6 Å². The fourth-order valence-corrected chi connectivity index (χ4v) is 3.28. The highest BCUT2D eigenvalue weighted by Crippen LogP contribution is 2.27. The lowest BCUT2D eigenvalue weighted by atomic mass is 10.1. The molecule has 1 heterocycles. The predicted molar refractivity (Wildman–Crippen MR) is 103 cm³/mol. The Labute approximate surface area is 161 Å². The number of methoxy groups -OCH3 is 1. The maximum atomic E-state index is 12.4. The van der Waals surface area contributed by atoms with Crippen molar-refractivity contribution >= 4 is 41.8 Å². The summed E-state index contributed by atoms with van der Waals surface area (Å²) in [6.07, 6.45) is 5.68. The van der Waals surface area contributed by atoms with E-state index >= 15 is 0 Å². The molecule has 2 rings (SSSR count). The Kier molecular flexibility index (Phi) is 9.38. The molecular weight excluding hydrogens is 423 g/mol. The lowest BCUT2D eigenvalue weighted by Crippen LogP contribution is -2.45. The van der Waals surface area contributed by atoms with Crippen molar-refractivity contribution in [2.75, 3.05) is 33.8 Å². The van der Waals surface area contributed by atoms with Gasteiger partial charge in [-0.05, 0) is 19.3 Å². The number of carbonyl (C=O) groups excluding carboxylic acids is 2. The Balaban J connectivity index is 0.00000288. The highest BCUT2D eigenvalue weighted by molar-refractivity contribution is 14.0. The van der Waals surface area contributed by atoms with Crippen LogP contribution in [0.4, 0.5) is 0 Å². The largest absolute Gasteiger partial charge is 0.469 e. The molecule has 2 N–H and O–H groups in total. The van der Waals surface area contributed by atoms with Gasteiger partial charge in [0.05, 0.1) is 13.5 Å². The number of aliphatic imine (C=N–C) groups is 1. The Morgan fingerprint density at radius 2 is 1.96 bits per heavy atom. The molecule has 0 bridgehead atoms. The molecule has 0 spiro atoms. The van der Waals surface area contributed by atoms with E-state index in [1.807, 2.05) is 4.90 Å². The first-order valence-corrected chi connectivity index (χ1v) is 8.46. The van der Waals surface area contributed by atoms with Gasteiger partial charge in [-0.15, -0.1) is 24.0 Å². The normalized spacial score (nSPS) is 21.3. The Morgan fingerprint density at radius 1 is 1.25 bits per heavy atom. The minimum absolute atomic E-state index is 0. The van der Waals surface area contributed by atoms with Gasteiger partial charge in [-0.1, -0.05) is 12.8 Å². The Morgan fingerprint density at radius 3 is 2.58 bits per heavy atom. The number of esters is 1. The fraction of sp³-hybridized carbons (Fsp3) is 0.812. The quantitative estimate of drug-likeness (QED) is 0.283. The lowest BCUT2D eigenvalue weighted by Gasteiger charge is -2.21. The predicted octanol–water partition coefficient (Wildman–Crippen LogP) is 1.12. The molecule has 7 nitrogen and oxygen atoms in total. The van der Waals surface area contributed by atoms with E-state index in [-0.39, 0.29) is 41.9 Å². The van der Waals surface area contributed by atoms with Gasteiger partial charge in [-0.3, -0.25) is 14.6 Å². The molecule has 2 fully saturated rings. The van der Waals surface area contributed by atoms with Crippen LogP contribution in [-0.4, -0.2) is 62.6 Å². The monoisotopic (exact) mass is 452 g/mol. The van der Waals surface area contributed by atoms with E-state index in [9.17, 15) is 9.59 Å². The zero-order valence-electron chi connectivity index (χ0n) is 14.5. The van der Waals surface area contributed by atoms with Crippen LogP contribution >= 0.6 is 24.0 Å². The van der Waals surface area contributed by atoms with Crippen LogP contribution in [0.5, 0.6) is 0 Å². The van der Waals surface area contributed by atoms with Crippen molar-refractivity contribution in [2.45, 2.75) is 44.6 Å². The summed E-state index contributed by atoms with van der Waals surface area (Å²) in [5.41, 5.74) is 0. The summed E-state index contributed by atoms with van der Waals surface area (Å²) in [6, 6.07) is 0.213. The summed E-state index contributed by atoms with van der Waals surface area (Å²) >= 11 is 0. The van der Waals surface area contributed by atoms with Gasteiger partial charge in [0.1, 0.15) is 0 Å². The Bertz CT molecular complexity index is 453. The van der Waals surface area contributed by atoms with Gasteiger partial charge in [0, 0.05) is 38.6 Å². The van der Waals surface area contributed by atoms with Crippen molar-refractivity contribution in [3.05, 3.63) is 0 Å². The second-order valence-corrected chi connectivity index (χ2v) is 6.22. The number of ether oxygens (including phenoxy) is 1. The summed E-state index contributed by atoms with van der Waals surface area (Å²) in [7, 11) is 3.08. The molecule has 2 aliphatic rings. The van der Waals surface area contributed by atoms with Gasteiger partial charge in [-0.2, -0.15) is 0 Å². The van der Waals surface area contributed by atoms with Gasteiger partial charge in [-0.25, -0.2) is 0 Å². The van der Waals surface area contributed by atoms with Crippen molar-refractivity contribution in [1.29, 1.82) is 0 Å². The fourth-order valence-electron chi connectivity index (χ4n) is 3.28. The van der Waals surface area contributed by atoms with Crippen LogP contribution in [0.15, 0.2) is 4.99 Å². The molecule has 8 heteroatoms. The third kappa shape index (κ3) is 6.10. The molecule has 0 aromatic rings. The van der Waals surface area contributed by atoms with Crippen LogP contribution in [0.25, 0.3) is 0 Å². The highest BCUT2D eigenvalue weighted by atomic mass is 127. The summed E-state index contributed by atoms with van der Waals surface area (Å²) in [5, 5.41) is 6.42. The van der Waals surface area contributed by atoms with E-state index in [0.29, 0.717) is 24.8 Å². The number of carbonyl (C=O) groups is 2. The molecule has 1 aliphatic carbocycles. The lowest BCUT2D eigenvalue weighted by molar-refractivity contribution is -0.140. The number of nitrogens with one attached hydrogen (secondary N) is 2. The molecule has 0 aromatic heterocycles. The average molecular weight is 452 g/mol. The first-order chi connectivity index (χ1) is 11.1. The minimum atomic E-state index is -0.248. The molecule has 1 saturated carbocycles. The molecule has 0 aromatic carbocycles. The minimum Gasteiger partial charge on any atom is -0.469 e. The second kappa shape index (κ2) is 10.7. The number of rotatable bonds is 5. The van der Waals surface area contributed by atoms with E-state index in [1.54, 1.807) is 7.05 Å². The van der Waals surface area contributed by atoms with Crippen molar-refractivity contribution in [3.63, 3.8) is 0 Å². The number of hydrogen-bond donors (Lipinski definition) is 2. The average Bonchev–Trinajstić information content (AvgIpc) is 3.24. The van der Waals surface area contributed by atoms with Crippen molar-refractivity contribution in [2.24, 2.45) is 10.9 Å². The van der Waals surface area contributed by atoms with Gasteiger partial charge in [0.25, 0.3) is 0 Å². The van der Waals surface area contributed by atoms with Gasteiger partial charge >= 0.3 is 5.97 Å². The van der Waals surface area contributed by atoms with Crippen LogP contribution in [0.2, 0.25) is 0 Å². The number of hydrogen-bond acceptors (Lipinski definition) is 4. The van der Waals surface area contributed by atoms with Crippen molar-refractivity contribution in [3.8, 4) is 0 Å². The SMILES string of the molecule is CN=C(NCCC(=O)OC)NC1CCN(C(=O)C2CCCC2)C1.I. The van der Waals surface area contributed by atoms with E-state index in [1.165, 1.54) is 20.0 Å². The molecule has 0 radical (unpaired) electrons. The van der Waals surface area contributed by atoms with Crippen LogP contribution in [0.3, 0.4) is 0 Å². The van der Waals surface area contributed by atoms with Crippen LogP contribution in [-0.2, 0) is 14.3 Å². The first kappa shape index (κ1) is 21.0. The number of guanidine groups is 1. The first-order valence-electron chi connectivity index (χ1n) is 8.46.